The van der Waals surface area contributed by atoms with Gasteiger partial charge in [-0.1, -0.05) is 29.8 Å². The van der Waals surface area contributed by atoms with E-state index in [0.717, 1.165) is 24.3 Å². The van der Waals surface area contributed by atoms with Crippen molar-refractivity contribution in [2.24, 2.45) is 5.73 Å². The van der Waals surface area contributed by atoms with Gasteiger partial charge in [0.1, 0.15) is 11.5 Å². The third-order valence-electron chi connectivity index (χ3n) is 3.44. The van der Waals surface area contributed by atoms with Crippen LogP contribution in [-0.4, -0.2) is 20.3 Å². The van der Waals surface area contributed by atoms with E-state index in [4.69, 9.17) is 15.2 Å². The molecule has 2 rings (SSSR count). The first kappa shape index (κ1) is 15.4. The minimum atomic E-state index is 0.637. The molecule has 0 saturated carbocycles. The van der Waals surface area contributed by atoms with Gasteiger partial charge in [-0.3, -0.25) is 0 Å². The van der Waals surface area contributed by atoms with Crippen LogP contribution >= 0.6 is 0 Å². The maximum Gasteiger partial charge on any atom is 0.122 e. The number of nitrogens with two attached hydrogens (primary N) is 1. The molecular weight excluding hydrogens is 262 g/mol. The summed E-state index contributed by atoms with van der Waals surface area (Å²) in [5, 5.41) is 0. The van der Waals surface area contributed by atoms with Crippen molar-refractivity contribution in [3.05, 3.63) is 59.2 Å². The van der Waals surface area contributed by atoms with E-state index in [1.165, 1.54) is 16.7 Å². The number of benzene rings is 2. The number of hydrogen-bond acceptors (Lipinski definition) is 3. The maximum absolute atomic E-state index is 5.92. The predicted octanol–water partition coefficient (Wildman–Crippen LogP) is 3.13. The molecule has 0 saturated heterocycles. The molecule has 0 aromatic heterocycles. The van der Waals surface area contributed by atoms with Crippen molar-refractivity contribution in [1.29, 1.82) is 0 Å². The van der Waals surface area contributed by atoms with Gasteiger partial charge in [-0.15, -0.1) is 0 Å². The molecule has 0 amide bonds. The second-order valence-corrected chi connectivity index (χ2v) is 5.10. The van der Waals surface area contributed by atoms with Gasteiger partial charge in [0, 0.05) is 6.42 Å². The summed E-state index contributed by atoms with van der Waals surface area (Å²) in [6.45, 7) is 3.38. The molecule has 0 unspecified atom stereocenters. The second-order valence-electron chi connectivity index (χ2n) is 5.10. The van der Waals surface area contributed by atoms with E-state index < -0.39 is 0 Å². The van der Waals surface area contributed by atoms with E-state index in [9.17, 15) is 0 Å². The largest absolute Gasteiger partial charge is 0.497 e. The Morgan fingerprint density at radius 2 is 1.76 bits per heavy atom. The van der Waals surface area contributed by atoms with Gasteiger partial charge in [0.2, 0.25) is 0 Å². The number of hydrogen-bond donors (Lipinski definition) is 1. The lowest BCUT2D eigenvalue weighted by Gasteiger charge is -2.12. The standard InChI is InChI=1S/C18H23NO2/c1-14-3-8-18(16(13-14)9-11-19)21-12-10-15-4-6-17(20-2)7-5-15/h3-8,13H,9-12,19H2,1-2H3. The van der Waals surface area contributed by atoms with Gasteiger partial charge in [0.05, 0.1) is 13.7 Å². The Labute approximate surface area is 126 Å². The van der Waals surface area contributed by atoms with Crippen molar-refractivity contribution in [2.75, 3.05) is 20.3 Å². The zero-order chi connectivity index (χ0) is 15.1. The highest BCUT2D eigenvalue weighted by atomic mass is 16.5. The first-order valence-electron chi connectivity index (χ1n) is 7.28. The molecule has 21 heavy (non-hydrogen) atoms. The summed E-state index contributed by atoms with van der Waals surface area (Å²) in [6.07, 6.45) is 1.72. The van der Waals surface area contributed by atoms with Crippen LogP contribution < -0.4 is 15.2 Å². The van der Waals surface area contributed by atoms with Crippen LogP contribution in [0.25, 0.3) is 0 Å². The molecule has 0 aliphatic carbocycles. The highest BCUT2D eigenvalue weighted by molar-refractivity contribution is 5.37. The van der Waals surface area contributed by atoms with E-state index in [1.54, 1.807) is 7.11 Å². The van der Waals surface area contributed by atoms with Gasteiger partial charge in [-0.25, -0.2) is 0 Å². The smallest absolute Gasteiger partial charge is 0.122 e. The summed E-state index contributed by atoms with van der Waals surface area (Å²) < 4.78 is 11.1. The molecule has 0 aliphatic heterocycles. The Morgan fingerprint density at radius 1 is 1.00 bits per heavy atom. The summed E-state index contributed by atoms with van der Waals surface area (Å²) in [7, 11) is 1.68. The monoisotopic (exact) mass is 285 g/mol. The van der Waals surface area contributed by atoms with Gasteiger partial charge in [-0.05, 0) is 49.2 Å². The predicted molar refractivity (Wildman–Crippen MR) is 86.1 cm³/mol. The molecule has 112 valence electrons. The first-order valence-corrected chi connectivity index (χ1v) is 7.28. The molecule has 0 atom stereocenters. The van der Waals surface area contributed by atoms with E-state index in [1.807, 2.05) is 18.2 Å². The van der Waals surface area contributed by atoms with Crippen molar-refractivity contribution < 1.29 is 9.47 Å². The second kappa shape index (κ2) is 7.70. The van der Waals surface area contributed by atoms with Crippen LogP contribution in [0.3, 0.4) is 0 Å². The molecular formula is C18H23NO2. The fourth-order valence-electron chi connectivity index (χ4n) is 2.27. The lowest BCUT2D eigenvalue weighted by molar-refractivity contribution is 0.318. The van der Waals surface area contributed by atoms with Gasteiger partial charge < -0.3 is 15.2 Å². The summed E-state index contributed by atoms with van der Waals surface area (Å²) in [4.78, 5) is 0. The molecule has 0 fully saturated rings. The van der Waals surface area contributed by atoms with Gasteiger partial charge in [-0.2, -0.15) is 0 Å². The Kier molecular flexibility index (Phi) is 5.64. The maximum atomic E-state index is 5.92. The molecule has 2 aromatic rings. The van der Waals surface area contributed by atoms with E-state index in [2.05, 4.69) is 31.2 Å². The lowest BCUT2D eigenvalue weighted by atomic mass is 10.1. The number of ether oxygens (including phenoxy) is 2. The van der Waals surface area contributed by atoms with E-state index in [0.29, 0.717) is 13.2 Å². The van der Waals surface area contributed by atoms with Gasteiger partial charge >= 0.3 is 0 Å². The Balaban J connectivity index is 1.93. The van der Waals surface area contributed by atoms with Crippen molar-refractivity contribution in [3.8, 4) is 11.5 Å². The lowest BCUT2D eigenvalue weighted by Crippen LogP contribution is -2.07. The van der Waals surface area contributed by atoms with Crippen LogP contribution in [0.4, 0.5) is 0 Å². The Morgan fingerprint density at radius 3 is 2.43 bits per heavy atom. The molecule has 3 nitrogen and oxygen atoms in total. The van der Waals surface area contributed by atoms with Crippen LogP contribution in [0.2, 0.25) is 0 Å². The molecule has 0 spiro atoms. The number of aryl methyl sites for hydroxylation is 1. The average Bonchev–Trinajstić information content (AvgIpc) is 2.50. The zero-order valence-electron chi connectivity index (χ0n) is 12.8. The highest BCUT2D eigenvalue weighted by Crippen LogP contribution is 2.21. The van der Waals surface area contributed by atoms with Crippen LogP contribution in [0.5, 0.6) is 11.5 Å². The molecule has 3 heteroatoms. The minimum Gasteiger partial charge on any atom is -0.497 e. The fourth-order valence-corrected chi connectivity index (χ4v) is 2.27. The topological polar surface area (TPSA) is 44.5 Å². The molecule has 0 aliphatic rings. The molecule has 0 bridgehead atoms. The van der Waals surface area contributed by atoms with Gasteiger partial charge in [0.15, 0.2) is 0 Å². The number of rotatable bonds is 7. The first-order chi connectivity index (χ1) is 10.2. The van der Waals surface area contributed by atoms with Gasteiger partial charge in [0.25, 0.3) is 0 Å². The normalized spacial score (nSPS) is 10.4. The third kappa shape index (κ3) is 4.50. The Hall–Kier alpha value is -2.00. The summed E-state index contributed by atoms with van der Waals surface area (Å²) in [5.41, 5.74) is 9.32. The Bertz CT molecular complexity index is 564. The van der Waals surface area contributed by atoms with Crippen molar-refractivity contribution >= 4 is 0 Å². The van der Waals surface area contributed by atoms with Crippen molar-refractivity contribution in [2.45, 2.75) is 19.8 Å². The third-order valence-corrected chi connectivity index (χ3v) is 3.44. The average molecular weight is 285 g/mol. The van der Waals surface area contributed by atoms with Crippen LogP contribution in [0, 0.1) is 6.92 Å². The van der Waals surface area contributed by atoms with Crippen LogP contribution in [0.1, 0.15) is 16.7 Å². The minimum absolute atomic E-state index is 0.637. The quantitative estimate of drug-likeness (QED) is 0.850. The molecule has 0 radical (unpaired) electrons. The van der Waals surface area contributed by atoms with Crippen LogP contribution in [0.15, 0.2) is 42.5 Å². The van der Waals surface area contributed by atoms with E-state index >= 15 is 0 Å². The summed E-state index contributed by atoms with van der Waals surface area (Å²) in [5.74, 6) is 1.82. The van der Waals surface area contributed by atoms with Crippen molar-refractivity contribution in [1.82, 2.24) is 0 Å². The highest BCUT2D eigenvalue weighted by Gasteiger charge is 2.04. The number of methoxy groups -OCH3 is 1. The molecule has 2 aromatic carbocycles. The van der Waals surface area contributed by atoms with Crippen LogP contribution in [-0.2, 0) is 12.8 Å². The summed E-state index contributed by atoms with van der Waals surface area (Å²) in [6, 6.07) is 14.3. The van der Waals surface area contributed by atoms with Crippen molar-refractivity contribution in [3.63, 3.8) is 0 Å². The zero-order valence-corrected chi connectivity index (χ0v) is 12.8. The molecule has 0 heterocycles. The SMILES string of the molecule is COc1ccc(CCOc2ccc(C)cc2CCN)cc1. The van der Waals surface area contributed by atoms with E-state index in [-0.39, 0.29) is 0 Å². The summed E-state index contributed by atoms with van der Waals surface area (Å²) >= 11 is 0. The molecule has 2 N–H and O–H groups in total. The fraction of sp³-hybridized carbons (Fsp3) is 0.333.